The highest BCUT2D eigenvalue weighted by atomic mass is 32.2. The molecule has 0 unspecified atom stereocenters. The van der Waals surface area contributed by atoms with E-state index in [4.69, 9.17) is 5.11 Å². The van der Waals surface area contributed by atoms with E-state index in [-0.39, 0.29) is 17.4 Å². The molecule has 2 N–H and O–H groups in total. The van der Waals surface area contributed by atoms with Crippen molar-refractivity contribution in [1.29, 1.82) is 0 Å². The van der Waals surface area contributed by atoms with Crippen LogP contribution in [0.5, 0.6) is 0 Å². The fourth-order valence-corrected chi connectivity index (χ4v) is 2.70. The highest BCUT2D eigenvalue weighted by molar-refractivity contribution is 7.89. The summed E-state index contributed by atoms with van der Waals surface area (Å²) < 4.78 is 26.3. The summed E-state index contributed by atoms with van der Waals surface area (Å²) in [6, 6.07) is 6.37. The van der Waals surface area contributed by atoms with Crippen LogP contribution in [0.2, 0.25) is 0 Å². The maximum absolute atomic E-state index is 12.0. The predicted octanol–water partition coefficient (Wildman–Crippen LogP) is 1.47. The zero-order valence-corrected chi connectivity index (χ0v) is 11.2. The molecule has 0 aliphatic heterocycles. The molecular formula is C12H19NO3S. The molecule has 1 aromatic carbocycles. The number of rotatable bonds is 5. The maximum atomic E-state index is 12.0. The van der Waals surface area contributed by atoms with Crippen LogP contribution in [-0.2, 0) is 10.0 Å². The highest BCUT2D eigenvalue weighted by Gasteiger charge is 2.17. The van der Waals surface area contributed by atoms with Crippen molar-refractivity contribution in [3.8, 4) is 0 Å². The van der Waals surface area contributed by atoms with Crippen molar-refractivity contribution < 1.29 is 13.5 Å². The fourth-order valence-electron chi connectivity index (χ4n) is 1.41. The number of benzene rings is 1. The second-order valence-electron chi connectivity index (χ2n) is 4.43. The molecule has 0 aliphatic rings. The second-order valence-corrected chi connectivity index (χ2v) is 6.15. The first-order valence-corrected chi connectivity index (χ1v) is 7.08. The number of aliphatic hydroxyl groups is 1. The third-order valence-electron chi connectivity index (χ3n) is 2.47. The molecule has 96 valence electrons. The molecule has 4 nitrogen and oxygen atoms in total. The first-order valence-electron chi connectivity index (χ1n) is 5.60. The van der Waals surface area contributed by atoms with E-state index in [0.29, 0.717) is 0 Å². The van der Waals surface area contributed by atoms with Crippen LogP contribution in [0.3, 0.4) is 0 Å². The summed E-state index contributed by atoms with van der Waals surface area (Å²) in [6.07, 6.45) is 0. The zero-order valence-electron chi connectivity index (χ0n) is 10.3. The summed E-state index contributed by atoms with van der Waals surface area (Å²) in [5, 5.41) is 8.86. The van der Waals surface area contributed by atoms with Gasteiger partial charge in [-0.3, -0.25) is 0 Å². The molecule has 0 bridgehead atoms. The molecule has 17 heavy (non-hydrogen) atoms. The molecule has 1 aromatic rings. The Balaban J connectivity index is 3.03. The van der Waals surface area contributed by atoms with Crippen LogP contribution in [0.4, 0.5) is 0 Å². The van der Waals surface area contributed by atoms with Crippen LogP contribution in [-0.4, -0.2) is 26.2 Å². The van der Waals surface area contributed by atoms with E-state index in [1.165, 1.54) is 0 Å². The molecule has 5 heteroatoms. The maximum Gasteiger partial charge on any atom is 0.240 e. The minimum absolute atomic E-state index is 0.219. The molecule has 0 fully saturated rings. The van der Waals surface area contributed by atoms with E-state index in [0.717, 1.165) is 5.56 Å². The Kier molecular flexibility index (Phi) is 4.68. The van der Waals surface area contributed by atoms with Crippen LogP contribution < -0.4 is 4.72 Å². The van der Waals surface area contributed by atoms with Gasteiger partial charge >= 0.3 is 0 Å². The van der Waals surface area contributed by atoms with Crippen molar-refractivity contribution in [2.24, 2.45) is 0 Å². The molecule has 0 heterocycles. The average molecular weight is 257 g/mol. The van der Waals surface area contributed by atoms with Crippen LogP contribution in [0, 0.1) is 0 Å². The first kappa shape index (κ1) is 14.2. The second kappa shape index (κ2) is 5.62. The fraction of sp³-hybridized carbons (Fsp3) is 0.500. The molecule has 1 rings (SSSR count). The van der Waals surface area contributed by atoms with Gasteiger partial charge in [0.25, 0.3) is 0 Å². The average Bonchev–Trinajstić information content (AvgIpc) is 2.28. The van der Waals surface area contributed by atoms with Crippen LogP contribution in [0.25, 0.3) is 0 Å². The zero-order chi connectivity index (χ0) is 13.1. The monoisotopic (exact) mass is 257 g/mol. The summed E-state index contributed by atoms with van der Waals surface area (Å²) in [7, 11) is -3.54. The van der Waals surface area contributed by atoms with Crippen molar-refractivity contribution in [1.82, 2.24) is 4.72 Å². The molecular weight excluding hydrogens is 238 g/mol. The third kappa shape index (κ3) is 3.80. The van der Waals surface area contributed by atoms with Crippen molar-refractivity contribution in [3.05, 3.63) is 29.8 Å². The molecule has 0 saturated heterocycles. The lowest BCUT2D eigenvalue weighted by Gasteiger charge is -2.13. The van der Waals surface area contributed by atoms with Gasteiger partial charge in [-0.05, 0) is 30.5 Å². The van der Waals surface area contributed by atoms with Gasteiger partial charge < -0.3 is 5.11 Å². The van der Waals surface area contributed by atoms with Gasteiger partial charge in [-0.15, -0.1) is 0 Å². The van der Waals surface area contributed by atoms with E-state index >= 15 is 0 Å². The van der Waals surface area contributed by atoms with Gasteiger partial charge in [-0.1, -0.05) is 26.0 Å². The Morgan fingerprint density at radius 3 is 2.47 bits per heavy atom. The Morgan fingerprint density at radius 1 is 1.29 bits per heavy atom. The van der Waals surface area contributed by atoms with Crippen molar-refractivity contribution in [2.45, 2.75) is 37.6 Å². The summed E-state index contributed by atoms with van der Waals surface area (Å²) in [6.45, 7) is 5.41. The SMILES string of the molecule is CC(C)c1cccc(S(=O)(=O)N[C@H](C)CO)c1. The van der Waals surface area contributed by atoms with Gasteiger partial charge in [0.2, 0.25) is 10.0 Å². The van der Waals surface area contributed by atoms with Crippen LogP contribution in [0.1, 0.15) is 32.3 Å². The number of aliphatic hydroxyl groups excluding tert-OH is 1. The summed E-state index contributed by atoms with van der Waals surface area (Å²) in [5.41, 5.74) is 0.976. The lowest BCUT2D eigenvalue weighted by Crippen LogP contribution is -2.35. The molecule has 0 aliphatic carbocycles. The Bertz CT molecular complexity index is 468. The molecule has 0 radical (unpaired) electrons. The lowest BCUT2D eigenvalue weighted by molar-refractivity contribution is 0.265. The Morgan fingerprint density at radius 2 is 1.94 bits per heavy atom. The van der Waals surface area contributed by atoms with Crippen molar-refractivity contribution in [2.75, 3.05) is 6.61 Å². The highest BCUT2D eigenvalue weighted by Crippen LogP contribution is 2.18. The van der Waals surface area contributed by atoms with Gasteiger partial charge in [0.05, 0.1) is 11.5 Å². The van der Waals surface area contributed by atoms with Crippen molar-refractivity contribution in [3.63, 3.8) is 0 Å². The topological polar surface area (TPSA) is 66.4 Å². The summed E-state index contributed by atoms with van der Waals surface area (Å²) >= 11 is 0. The predicted molar refractivity (Wildman–Crippen MR) is 67.4 cm³/mol. The largest absolute Gasteiger partial charge is 0.395 e. The number of hydrogen-bond acceptors (Lipinski definition) is 3. The van der Waals surface area contributed by atoms with E-state index in [1.807, 2.05) is 19.9 Å². The van der Waals surface area contributed by atoms with Gasteiger partial charge in [0.1, 0.15) is 0 Å². The van der Waals surface area contributed by atoms with Crippen LogP contribution in [0.15, 0.2) is 29.2 Å². The minimum atomic E-state index is -3.54. The first-order chi connectivity index (χ1) is 7.86. The van der Waals surface area contributed by atoms with Gasteiger partial charge in [-0.2, -0.15) is 0 Å². The van der Waals surface area contributed by atoms with Crippen molar-refractivity contribution >= 4 is 10.0 Å². The van der Waals surface area contributed by atoms with E-state index < -0.39 is 16.1 Å². The smallest absolute Gasteiger partial charge is 0.240 e. The van der Waals surface area contributed by atoms with Crippen LogP contribution >= 0.6 is 0 Å². The minimum Gasteiger partial charge on any atom is -0.395 e. The quantitative estimate of drug-likeness (QED) is 0.839. The lowest BCUT2D eigenvalue weighted by atomic mass is 10.0. The van der Waals surface area contributed by atoms with E-state index in [9.17, 15) is 8.42 Å². The standard InChI is InChI=1S/C12H19NO3S/c1-9(2)11-5-4-6-12(7-11)17(15,16)13-10(3)8-14/h4-7,9-10,13-14H,8H2,1-3H3/t10-/m1/s1. The summed E-state index contributed by atoms with van der Waals surface area (Å²) in [4.78, 5) is 0.240. The summed E-state index contributed by atoms with van der Waals surface area (Å²) in [5.74, 6) is 0.278. The third-order valence-corrected chi connectivity index (χ3v) is 4.05. The molecule has 1 atom stereocenters. The molecule has 0 amide bonds. The van der Waals surface area contributed by atoms with Gasteiger partial charge in [-0.25, -0.2) is 13.1 Å². The molecule has 0 saturated carbocycles. The van der Waals surface area contributed by atoms with Gasteiger partial charge in [0, 0.05) is 6.04 Å². The number of hydrogen-bond donors (Lipinski definition) is 2. The Labute approximate surface area is 103 Å². The van der Waals surface area contributed by atoms with Gasteiger partial charge in [0.15, 0.2) is 0 Å². The Hall–Kier alpha value is -0.910. The van der Waals surface area contributed by atoms with E-state index in [2.05, 4.69) is 4.72 Å². The van der Waals surface area contributed by atoms with E-state index in [1.54, 1.807) is 25.1 Å². The molecule has 0 aromatic heterocycles. The number of sulfonamides is 1. The normalized spacial score (nSPS) is 13.9. The number of nitrogens with one attached hydrogen (secondary N) is 1. The molecule has 0 spiro atoms.